The van der Waals surface area contributed by atoms with Crippen LogP contribution >= 0.6 is 0 Å². The zero-order valence-corrected chi connectivity index (χ0v) is 12.4. The fourth-order valence-electron chi connectivity index (χ4n) is 3.05. The number of aromatic nitrogens is 2. The molecule has 0 amide bonds. The molecular formula is C17H18N4O. The Hall–Kier alpha value is -2.35. The normalized spacial score (nSPS) is 19.1. The van der Waals surface area contributed by atoms with Gasteiger partial charge in [-0.15, -0.1) is 0 Å². The number of hydrogen-bond donors (Lipinski definition) is 0. The van der Waals surface area contributed by atoms with Gasteiger partial charge in [-0.25, -0.2) is 0 Å². The lowest BCUT2D eigenvalue weighted by molar-refractivity contribution is 0.365. The third kappa shape index (κ3) is 2.57. The van der Waals surface area contributed by atoms with Gasteiger partial charge in [0.15, 0.2) is 5.82 Å². The molecule has 5 heteroatoms. The maximum absolute atomic E-state index is 8.86. The van der Waals surface area contributed by atoms with Crippen molar-refractivity contribution in [2.45, 2.75) is 37.5 Å². The molecule has 1 saturated heterocycles. The number of nitriles is 1. The van der Waals surface area contributed by atoms with Crippen molar-refractivity contribution in [1.82, 2.24) is 10.1 Å². The second-order valence-corrected chi connectivity index (χ2v) is 6.19. The second-order valence-electron chi connectivity index (χ2n) is 6.19. The van der Waals surface area contributed by atoms with Gasteiger partial charge in [0, 0.05) is 30.6 Å². The van der Waals surface area contributed by atoms with Crippen molar-refractivity contribution >= 4 is 5.69 Å². The van der Waals surface area contributed by atoms with Crippen LogP contribution in [0.2, 0.25) is 0 Å². The summed E-state index contributed by atoms with van der Waals surface area (Å²) in [4.78, 5) is 6.94. The first-order valence-electron chi connectivity index (χ1n) is 7.92. The summed E-state index contributed by atoms with van der Waals surface area (Å²) < 4.78 is 5.37. The molecule has 4 rings (SSSR count). The van der Waals surface area contributed by atoms with Crippen molar-refractivity contribution in [3.05, 3.63) is 41.5 Å². The SMILES string of the molecule is N#Cc1ccc(N2CCC(c3noc(C4CC4)n3)CC2)cc1. The molecule has 112 valence electrons. The van der Waals surface area contributed by atoms with E-state index in [1.54, 1.807) is 0 Å². The Morgan fingerprint density at radius 2 is 1.77 bits per heavy atom. The zero-order chi connectivity index (χ0) is 14.9. The van der Waals surface area contributed by atoms with Gasteiger partial charge in [-0.05, 0) is 49.9 Å². The Labute approximate surface area is 129 Å². The Kier molecular flexibility index (Phi) is 3.30. The highest BCUT2D eigenvalue weighted by molar-refractivity contribution is 5.50. The van der Waals surface area contributed by atoms with Crippen LogP contribution in [0.1, 0.15) is 54.8 Å². The van der Waals surface area contributed by atoms with Crippen LogP contribution in [0.4, 0.5) is 5.69 Å². The average Bonchev–Trinajstić information content (AvgIpc) is 3.32. The first kappa shape index (κ1) is 13.3. The summed E-state index contributed by atoms with van der Waals surface area (Å²) in [6, 6.07) is 9.96. The summed E-state index contributed by atoms with van der Waals surface area (Å²) in [6.07, 6.45) is 4.48. The van der Waals surface area contributed by atoms with Crippen LogP contribution in [-0.2, 0) is 0 Å². The standard InChI is InChI=1S/C17H18N4O/c18-11-12-1-5-15(6-2-12)21-9-7-13(8-10-21)16-19-17(22-20-16)14-3-4-14/h1-2,5-6,13-14H,3-4,7-10H2. The minimum absolute atomic E-state index is 0.408. The number of anilines is 1. The van der Waals surface area contributed by atoms with E-state index in [4.69, 9.17) is 9.78 Å². The number of nitrogens with zero attached hydrogens (tertiary/aromatic N) is 4. The second kappa shape index (κ2) is 5.45. The molecule has 2 fully saturated rings. The molecule has 0 radical (unpaired) electrons. The molecule has 0 N–H and O–H groups in total. The summed E-state index contributed by atoms with van der Waals surface area (Å²) in [6.45, 7) is 1.98. The van der Waals surface area contributed by atoms with Crippen molar-refractivity contribution in [2.75, 3.05) is 18.0 Å². The molecule has 1 aliphatic heterocycles. The number of benzene rings is 1. The molecule has 1 saturated carbocycles. The summed E-state index contributed by atoms with van der Waals surface area (Å²) in [5.74, 6) is 2.66. The highest BCUT2D eigenvalue weighted by atomic mass is 16.5. The van der Waals surface area contributed by atoms with Crippen LogP contribution in [0.25, 0.3) is 0 Å². The van der Waals surface area contributed by atoms with Gasteiger partial charge in [0.1, 0.15) is 0 Å². The molecule has 0 spiro atoms. The quantitative estimate of drug-likeness (QED) is 0.869. The molecule has 1 aromatic heterocycles. The van der Waals surface area contributed by atoms with Gasteiger partial charge in [0.25, 0.3) is 0 Å². The summed E-state index contributed by atoms with van der Waals surface area (Å²) >= 11 is 0. The lowest BCUT2D eigenvalue weighted by Gasteiger charge is -2.32. The fraction of sp³-hybridized carbons (Fsp3) is 0.471. The lowest BCUT2D eigenvalue weighted by Crippen LogP contribution is -2.33. The molecule has 1 aliphatic carbocycles. The Morgan fingerprint density at radius 1 is 1.05 bits per heavy atom. The predicted molar refractivity (Wildman–Crippen MR) is 81.6 cm³/mol. The third-order valence-electron chi connectivity index (χ3n) is 4.61. The molecule has 5 nitrogen and oxygen atoms in total. The molecule has 0 unspecified atom stereocenters. The zero-order valence-electron chi connectivity index (χ0n) is 12.4. The van der Waals surface area contributed by atoms with E-state index < -0.39 is 0 Å². The van der Waals surface area contributed by atoms with Crippen molar-refractivity contribution in [3.63, 3.8) is 0 Å². The third-order valence-corrected chi connectivity index (χ3v) is 4.61. The van der Waals surface area contributed by atoms with Gasteiger partial charge >= 0.3 is 0 Å². The molecular weight excluding hydrogens is 276 g/mol. The predicted octanol–water partition coefficient (Wildman–Crippen LogP) is 3.20. The maximum atomic E-state index is 8.86. The topological polar surface area (TPSA) is 66.0 Å². The monoisotopic (exact) mass is 294 g/mol. The van der Waals surface area contributed by atoms with E-state index in [9.17, 15) is 0 Å². The van der Waals surface area contributed by atoms with Crippen LogP contribution in [0.15, 0.2) is 28.8 Å². The van der Waals surface area contributed by atoms with Crippen molar-refractivity contribution < 1.29 is 4.52 Å². The van der Waals surface area contributed by atoms with Gasteiger partial charge in [-0.1, -0.05) is 5.16 Å². The van der Waals surface area contributed by atoms with Gasteiger partial charge in [-0.3, -0.25) is 0 Å². The first-order chi connectivity index (χ1) is 10.8. The van der Waals surface area contributed by atoms with E-state index in [-0.39, 0.29) is 0 Å². The number of hydrogen-bond acceptors (Lipinski definition) is 5. The van der Waals surface area contributed by atoms with Crippen molar-refractivity contribution in [1.29, 1.82) is 5.26 Å². The Bertz CT molecular complexity index is 688. The van der Waals surface area contributed by atoms with E-state index in [1.807, 2.05) is 24.3 Å². The minimum Gasteiger partial charge on any atom is -0.371 e. The molecule has 0 bridgehead atoms. The van der Waals surface area contributed by atoms with Crippen LogP contribution in [-0.4, -0.2) is 23.2 Å². The lowest BCUT2D eigenvalue weighted by atomic mass is 9.95. The van der Waals surface area contributed by atoms with Gasteiger partial charge in [-0.2, -0.15) is 10.2 Å². The van der Waals surface area contributed by atoms with Crippen LogP contribution in [0.3, 0.4) is 0 Å². The van der Waals surface area contributed by atoms with E-state index in [1.165, 1.54) is 18.5 Å². The molecule has 2 heterocycles. The van der Waals surface area contributed by atoms with E-state index in [2.05, 4.69) is 21.1 Å². The summed E-state index contributed by atoms with van der Waals surface area (Å²) in [5, 5.41) is 13.0. The summed E-state index contributed by atoms with van der Waals surface area (Å²) in [5.41, 5.74) is 1.89. The van der Waals surface area contributed by atoms with E-state index >= 15 is 0 Å². The van der Waals surface area contributed by atoms with Gasteiger partial charge in [0.2, 0.25) is 5.89 Å². The van der Waals surface area contributed by atoms with Gasteiger partial charge < -0.3 is 9.42 Å². The van der Waals surface area contributed by atoms with Crippen molar-refractivity contribution in [2.24, 2.45) is 0 Å². The molecule has 1 aromatic carbocycles. The van der Waals surface area contributed by atoms with Crippen molar-refractivity contribution in [3.8, 4) is 6.07 Å². The molecule has 2 aromatic rings. The maximum Gasteiger partial charge on any atom is 0.229 e. The van der Waals surface area contributed by atoms with E-state index in [0.29, 0.717) is 17.4 Å². The minimum atomic E-state index is 0.408. The smallest absolute Gasteiger partial charge is 0.229 e. The van der Waals surface area contributed by atoms with Gasteiger partial charge in [0.05, 0.1) is 11.6 Å². The summed E-state index contributed by atoms with van der Waals surface area (Å²) in [7, 11) is 0. The molecule has 2 aliphatic rings. The number of rotatable bonds is 3. The largest absolute Gasteiger partial charge is 0.371 e. The Morgan fingerprint density at radius 3 is 2.41 bits per heavy atom. The highest BCUT2D eigenvalue weighted by Gasteiger charge is 2.31. The Balaban J connectivity index is 1.39. The van der Waals surface area contributed by atoms with Crippen LogP contribution in [0.5, 0.6) is 0 Å². The van der Waals surface area contributed by atoms with E-state index in [0.717, 1.165) is 37.6 Å². The molecule has 22 heavy (non-hydrogen) atoms. The van der Waals surface area contributed by atoms with Crippen LogP contribution < -0.4 is 4.90 Å². The first-order valence-corrected chi connectivity index (χ1v) is 7.92. The van der Waals surface area contributed by atoms with Crippen LogP contribution in [0, 0.1) is 11.3 Å². The number of piperidine rings is 1. The fourth-order valence-corrected chi connectivity index (χ4v) is 3.05. The highest BCUT2D eigenvalue weighted by Crippen LogP contribution is 2.40. The molecule has 0 atom stereocenters. The average molecular weight is 294 g/mol.